The van der Waals surface area contributed by atoms with Crippen molar-refractivity contribution in [2.75, 3.05) is 0 Å². The van der Waals surface area contributed by atoms with E-state index in [4.69, 9.17) is 15.9 Å². The van der Waals surface area contributed by atoms with Gasteiger partial charge in [-0.2, -0.15) is 18.3 Å². The Morgan fingerprint density at radius 2 is 1.92 bits per heavy atom. The third-order valence-corrected chi connectivity index (χ3v) is 4.20. The van der Waals surface area contributed by atoms with E-state index >= 15 is 0 Å². The minimum absolute atomic E-state index is 0.215. The number of nitrogens with two attached hydrogens (primary N) is 2. The fourth-order valence-electron chi connectivity index (χ4n) is 3.21. The van der Waals surface area contributed by atoms with Gasteiger partial charge in [0.05, 0.1) is 17.5 Å². The van der Waals surface area contributed by atoms with Crippen LogP contribution >= 0.6 is 0 Å². The topological polar surface area (TPSA) is 89.9 Å². The van der Waals surface area contributed by atoms with Crippen LogP contribution in [0.2, 0.25) is 0 Å². The van der Waals surface area contributed by atoms with Crippen molar-refractivity contribution in [2.24, 2.45) is 21.7 Å². The van der Waals surface area contributed by atoms with Crippen molar-refractivity contribution < 1.29 is 17.6 Å². The van der Waals surface area contributed by atoms with Crippen LogP contribution in [0, 0.1) is 6.92 Å². The Balaban J connectivity index is 2.07. The van der Waals surface area contributed by atoms with E-state index in [-0.39, 0.29) is 17.9 Å². The normalized spacial score (nSPS) is 18.9. The maximum Gasteiger partial charge on any atom is 0.416 e. The van der Waals surface area contributed by atoms with E-state index in [1.807, 2.05) is 6.92 Å². The number of aryl methyl sites for hydroxylation is 1. The predicted octanol–water partition coefficient (Wildman–Crippen LogP) is 3.31. The number of guanidine groups is 1. The van der Waals surface area contributed by atoms with Gasteiger partial charge in [-0.25, -0.2) is 0 Å². The van der Waals surface area contributed by atoms with Crippen LogP contribution in [0.5, 0.6) is 0 Å². The van der Waals surface area contributed by atoms with Gasteiger partial charge < -0.3 is 15.9 Å². The number of fused-ring (bicyclic) bond motifs is 1. The molecule has 1 aromatic carbocycles. The molecule has 25 heavy (non-hydrogen) atoms. The summed E-state index contributed by atoms with van der Waals surface area (Å²) in [6.07, 6.45) is -2.21. The van der Waals surface area contributed by atoms with Crippen LogP contribution in [-0.2, 0) is 12.6 Å². The first-order valence-corrected chi connectivity index (χ1v) is 7.66. The molecule has 0 aliphatic heterocycles. The van der Waals surface area contributed by atoms with Gasteiger partial charge in [0.2, 0.25) is 5.96 Å². The molecule has 0 bridgehead atoms. The molecular formula is C17H17F3N4O. The molecular weight excluding hydrogens is 333 g/mol. The van der Waals surface area contributed by atoms with Gasteiger partial charge in [-0.3, -0.25) is 0 Å². The second-order valence-electron chi connectivity index (χ2n) is 5.98. The molecule has 0 spiro atoms. The fraction of sp³-hybridized carbons (Fsp3) is 0.294. The highest BCUT2D eigenvalue weighted by molar-refractivity contribution is 6.04. The van der Waals surface area contributed by atoms with Crippen LogP contribution in [0.15, 0.2) is 45.1 Å². The molecule has 2 aromatic rings. The summed E-state index contributed by atoms with van der Waals surface area (Å²) in [5.41, 5.74) is 12.3. The van der Waals surface area contributed by atoms with Crippen molar-refractivity contribution in [3.05, 3.63) is 58.5 Å². The molecule has 1 unspecified atom stereocenters. The molecule has 0 amide bonds. The van der Waals surface area contributed by atoms with E-state index in [1.165, 1.54) is 12.1 Å². The lowest BCUT2D eigenvalue weighted by Gasteiger charge is -2.25. The first kappa shape index (κ1) is 17.1. The van der Waals surface area contributed by atoms with E-state index in [0.717, 1.165) is 17.2 Å². The zero-order valence-corrected chi connectivity index (χ0v) is 13.5. The Labute approximate surface area is 142 Å². The molecule has 0 saturated heterocycles. The van der Waals surface area contributed by atoms with Crippen LogP contribution in [0.25, 0.3) is 0 Å². The Morgan fingerprint density at radius 1 is 1.20 bits per heavy atom. The monoisotopic (exact) mass is 350 g/mol. The summed E-state index contributed by atoms with van der Waals surface area (Å²) < 4.78 is 45.6. The van der Waals surface area contributed by atoms with Gasteiger partial charge in [-0.05, 0) is 36.5 Å². The number of hydrogen-bond donors (Lipinski definition) is 2. The molecule has 5 nitrogen and oxygen atoms in total. The SMILES string of the molecule is Cc1coc2c1/C(=N/N=C(N)N)CC(c1ccccc1C(F)(F)F)C2. The highest BCUT2D eigenvalue weighted by atomic mass is 19.4. The van der Waals surface area contributed by atoms with Crippen molar-refractivity contribution in [2.45, 2.75) is 31.9 Å². The van der Waals surface area contributed by atoms with Crippen molar-refractivity contribution in [3.63, 3.8) is 0 Å². The van der Waals surface area contributed by atoms with E-state index in [1.54, 1.807) is 12.3 Å². The first-order chi connectivity index (χ1) is 11.8. The highest BCUT2D eigenvalue weighted by Crippen LogP contribution is 2.41. The molecule has 0 fully saturated rings. The van der Waals surface area contributed by atoms with E-state index in [2.05, 4.69) is 10.2 Å². The van der Waals surface area contributed by atoms with E-state index in [0.29, 0.717) is 17.9 Å². The molecule has 0 saturated carbocycles. The van der Waals surface area contributed by atoms with Gasteiger partial charge in [0.15, 0.2) is 0 Å². The van der Waals surface area contributed by atoms with Gasteiger partial charge in [0, 0.05) is 12.0 Å². The Bertz CT molecular complexity index is 848. The van der Waals surface area contributed by atoms with Crippen molar-refractivity contribution in [1.29, 1.82) is 0 Å². The second-order valence-corrected chi connectivity index (χ2v) is 5.98. The van der Waals surface area contributed by atoms with Crippen LogP contribution in [0.3, 0.4) is 0 Å². The zero-order chi connectivity index (χ0) is 18.2. The van der Waals surface area contributed by atoms with Crippen LogP contribution in [-0.4, -0.2) is 11.7 Å². The number of hydrogen-bond acceptors (Lipinski definition) is 3. The quantitative estimate of drug-likeness (QED) is 0.495. The minimum Gasteiger partial charge on any atom is -0.468 e. The Hall–Kier alpha value is -2.77. The van der Waals surface area contributed by atoms with Gasteiger partial charge in [0.1, 0.15) is 5.76 Å². The molecule has 1 aliphatic carbocycles. The maximum absolute atomic E-state index is 13.3. The molecule has 4 N–H and O–H groups in total. The van der Waals surface area contributed by atoms with E-state index < -0.39 is 17.7 Å². The number of benzene rings is 1. The number of nitrogens with zero attached hydrogens (tertiary/aromatic N) is 2. The van der Waals surface area contributed by atoms with Crippen molar-refractivity contribution in [3.8, 4) is 0 Å². The summed E-state index contributed by atoms with van der Waals surface area (Å²) in [6, 6.07) is 5.56. The summed E-state index contributed by atoms with van der Waals surface area (Å²) in [7, 11) is 0. The van der Waals surface area contributed by atoms with E-state index in [9.17, 15) is 13.2 Å². The average molecular weight is 350 g/mol. The largest absolute Gasteiger partial charge is 0.468 e. The molecule has 1 atom stereocenters. The summed E-state index contributed by atoms with van der Waals surface area (Å²) in [4.78, 5) is 0. The van der Waals surface area contributed by atoms with Gasteiger partial charge >= 0.3 is 6.18 Å². The standard InChI is InChI=1S/C17H17F3N4O/c1-9-8-25-14-7-10(6-13(15(9)14)23-24-16(21)22)11-4-2-3-5-12(11)17(18,19)20/h2-5,8,10H,6-7H2,1H3,(H4,21,22,24)/b23-13+. The maximum atomic E-state index is 13.3. The third-order valence-electron chi connectivity index (χ3n) is 4.20. The lowest BCUT2D eigenvalue weighted by atomic mass is 9.80. The summed E-state index contributed by atoms with van der Waals surface area (Å²) >= 11 is 0. The van der Waals surface area contributed by atoms with Gasteiger partial charge in [-0.1, -0.05) is 18.2 Å². The molecule has 0 radical (unpaired) electrons. The molecule has 1 aliphatic rings. The first-order valence-electron chi connectivity index (χ1n) is 7.66. The van der Waals surface area contributed by atoms with Gasteiger partial charge in [0.25, 0.3) is 0 Å². The minimum atomic E-state index is -4.42. The summed E-state index contributed by atoms with van der Waals surface area (Å²) in [6.45, 7) is 1.84. The number of alkyl halides is 3. The summed E-state index contributed by atoms with van der Waals surface area (Å²) in [5.74, 6) is -0.0490. The molecule has 1 aromatic heterocycles. The molecule has 3 rings (SSSR count). The third kappa shape index (κ3) is 3.38. The lowest BCUT2D eigenvalue weighted by Crippen LogP contribution is -2.24. The zero-order valence-electron chi connectivity index (χ0n) is 13.5. The fourth-order valence-corrected chi connectivity index (χ4v) is 3.21. The average Bonchev–Trinajstić information content (AvgIpc) is 2.93. The molecule has 1 heterocycles. The van der Waals surface area contributed by atoms with Crippen LogP contribution in [0.1, 0.15) is 40.4 Å². The number of halogens is 3. The Morgan fingerprint density at radius 3 is 2.60 bits per heavy atom. The second kappa shape index (κ2) is 6.27. The predicted molar refractivity (Wildman–Crippen MR) is 88.3 cm³/mol. The number of furan rings is 1. The smallest absolute Gasteiger partial charge is 0.416 e. The van der Waals surface area contributed by atoms with Crippen molar-refractivity contribution >= 4 is 11.7 Å². The van der Waals surface area contributed by atoms with Gasteiger partial charge in [-0.15, -0.1) is 5.10 Å². The number of rotatable bonds is 2. The Kier molecular flexibility index (Phi) is 4.28. The molecule has 8 heteroatoms. The molecule has 132 valence electrons. The summed E-state index contributed by atoms with van der Waals surface area (Å²) in [5, 5.41) is 7.70. The van der Waals surface area contributed by atoms with Crippen LogP contribution < -0.4 is 11.5 Å². The highest BCUT2D eigenvalue weighted by Gasteiger charge is 2.37. The van der Waals surface area contributed by atoms with Crippen LogP contribution in [0.4, 0.5) is 13.2 Å². The lowest BCUT2D eigenvalue weighted by molar-refractivity contribution is -0.138. The van der Waals surface area contributed by atoms with Crippen molar-refractivity contribution in [1.82, 2.24) is 0 Å².